The van der Waals surface area contributed by atoms with Crippen LogP contribution < -0.4 is 0 Å². The maximum absolute atomic E-state index is 11.1. The van der Waals surface area contributed by atoms with Gasteiger partial charge in [0.1, 0.15) is 0 Å². The Hall–Kier alpha value is -1.05. The lowest BCUT2D eigenvalue weighted by atomic mass is 10.1. The predicted molar refractivity (Wildman–Crippen MR) is 45.1 cm³/mol. The summed E-state index contributed by atoms with van der Waals surface area (Å²) in [5.41, 5.74) is 0. The van der Waals surface area contributed by atoms with E-state index in [2.05, 4.69) is 13.5 Å². The van der Waals surface area contributed by atoms with Gasteiger partial charge in [-0.2, -0.15) is 0 Å². The van der Waals surface area contributed by atoms with Crippen LogP contribution >= 0.6 is 0 Å². The molecule has 1 aliphatic rings. The van der Waals surface area contributed by atoms with Crippen molar-refractivity contribution >= 4 is 5.91 Å². The quantitative estimate of drug-likeness (QED) is 0.543. The largest absolute Gasteiger partial charge is 0.335 e. The predicted octanol–water partition coefficient (Wildman–Crippen LogP) is 1.21. The average molecular weight is 151 g/mol. The third kappa shape index (κ3) is 1.93. The Morgan fingerprint density at radius 1 is 1.91 bits per heavy atom. The lowest BCUT2D eigenvalue weighted by Gasteiger charge is -2.25. The highest BCUT2D eigenvalue weighted by Crippen LogP contribution is 2.08. The number of nitrogens with zero attached hydrogens (tertiary/aromatic N) is 1. The SMILES string of the molecule is C=CCN1CC(C)C=CC1=O. The first-order valence-corrected chi connectivity index (χ1v) is 3.82. The third-order valence-electron chi connectivity index (χ3n) is 1.74. The maximum Gasteiger partial charge on any atom is 0.246 e. The van der Waals surface area contributed by atoms with Gasteiger partial charge < -0.3 is 4.90 Å². The summed E-state index contributed by atoms with van der Waals surface area (Å²) >= 11 is 0. The minimum absolute atomic E-state index is 0.100. The van der Waals surface area contributed by atoms with Gasteiger partial charge in [-0.1, -0.05) is 19.1 Å². The first kappa shape index (κ1) is 8.05. The van der Waals surface area contributed by atoms with Gasteiger partial charge in [0.15, 0.2) is 0 Å². The van der Waals surface area contributed by atoms with E-state index in [-0.39, 0.29) is 5.91 Å². The molecule has 1 unspecified atom stereocenters. The number of hydrogen-bond acceptors (Lipinski definition) is 1. The van der Waals surface area contributed by atoms with Gasteiger partial charge in [0.2, 0.25) is 5.91 Å². The van der Waals surface area contributed by atoms with Gasteiger partial charge in [0.25, 0.3) is 0 Å². The molecular weight excluding hydrogens is 138 g/mol. The summed E-state index contributed by atoms with van der Waals surface area (Å²) in [6, 6.07) is 0. The second-order valence-corrected chi connectivity index (χ2v) is 2.87. The molecule has 60 valence electrons. The minimum Gasteiger partial charge on any atom is -0.335 e. The monoisotopic (exact) mass is 151 g/mol. The van der Waals surface area contributed by atoms with Gasteiger partial charge in [-0.3, -0.25) is 4.79 Å². The molecule has 0 saturated carbocycles. The Morgan fingerprint density at radius 3 is 3.27 bits per heavy atom. The second kappa shape index (κ2) is 3.37. The van der Waals surface area contributed by atoms with E-state index in [0.29, 0.717) is 12.5 Å². The average Bonchev–Trinajstić information content (AvgIpc) is 1.98. The van der Waals surface area contributed by atoms with Crippen molar-refractivity contribution in [2.75, 3.05) is 13.1 Å². The summed E-state index contributed by atoms with van der Waals surface area (Å²) in [6.45, 7) is 7.17. The summed E-state index contributed by atoms with van der Waals surface area (Å²) in [5.74, 6) is 0.579. The molecule has 1 amide bonds. The van der Waals surface area contributed by atoms with E-state index in [4.69, 9.17) is 0 Å². The van der Waals surface area contributed by atoms with Crippen LogP contribution in [0.5, 0.6) is 0 Å². The zero-order valence-corrected chi connectivity index (χ0v) is 6.79. The molecule has 0 fully saturated rings. The van der Waals surface area contributed by atoms with Crippen molar-refractivity contribution in [3.8, 4) is 0 Å². The highest BCUT2D eigenvalue weighted by atomic mass is 16.2. The minimum atomic E-state index is 0.100. The normalized spacial score (nSPS) is 23.9. The Morgan fingerprint density at radius 2 is 2.64 bits per heavy atom. The molecule has 0 aromatic rings. The Labute approximate surface area is 67.2 Å². The number of hydrogen-bond donors (Lipinski definition) is 0. The van der Waals surface area contributed by atoms with Gasteiger partial charge in [-0.05, 0) is 12.0 Å². The van der Waals surface area contributed by atoms with E-state index < -0.39 is 0 Å². The van der Waals surface area contributed by atoms with Crippen molar-refractivity contribution in [2.45, 2.75) is 6.92 Å². The number of carbonyl (C=O) groups is 1. The number of rotatable bonds is 2. The van der Waals surface area contributed by atoms with Crippen molar-refractivity contribution in [3.05, 3.63) is 24.8 Å². The molecule has 1 heterocycles. The zero-order valence-electron chi connectivity index (χ0n) is 6.79. The smallest absolute Gasteiger partial charge is 0.246 e. The lowest BCUT2D eigenvalue weighted by molar-refractivity contribution is -0.126. The van der Waals surface area contributed by atoms with Crippen LogP contribution in [0, 0.1) is 5.92 Å². The Bertz CT molecular complexity index is 196. The second-order valence-electron chi connectivity index (χ2n) is 2.87. The molecule has 11 heavy (non-hydrogen) atoms. The van der Waals surface area contributed by atoms with Gasteiger partial charge in [-0.25, -0.2) is 0 Å². The molecule has 0 N–H and O–H groups in total. The fourth-order valence-corrected chi connectivity index (χ4v) is 1.17. The summed E-state index contributed by atoms with van der Waals surface area (Å²) in [4.78, 5) is 12.9. The van der Waals surface area contributed by atoms with E-state index in [9.17, 15) is 4.79 Å². The van der Waals surface area contributed by atoms with Crippen LogP contribution in [0.2, 0.25) is 0 Å². The van der Waals surface area contributed by atoms with Crippen molar-refractivity contribution < 1.29 is 4.79 Å². The topological polar surface area (TPSA) is 20.3 Å². The van der Waals surface area contributed by atoms with Crippen LogP contribution in [0.3, 0.4) is 0 Å². The van der Waals surface area contributed by atoms with Crippen LogP contribution in [0.1, 0.15) is 6.92 Å². The molecule has 0 saturated heterocycles. The number of carbonyl (C=O) groups excluding carboxylic acids is 1. The van der Waals surface area contributed by atoms with E-state index in [1.165, 1.54) is 0 Å². The van der Waals surface area contributed by atoms with Gasteiger partial charge in [0.05, 0.1) is 0 Å². The zero-order chi connectivity index (χ0) is 8.27. The van der Waals surface area contributed by atoms with Gasteiger partial charge >= 0.3 is 0 Å². The standard InChI is InChI=1S/C9H13NO/c1-3-6-10-7-8(2)4-5-9(10)11/h3-5,8H,1,6-7H2,2H3. The maximum atomic E-state index is 11.1. The molecule has 0 bridgehead atoms. The van der Waals surface area contributed by atoms with E-state index >= 15 is 0 Å². The highest BCUT2D eigenvalue weighted by molar-refractivity contribution is 5.88. The Kier molecular flexibility index (Phi) is 2.47. The summed E-state index contributed by atoms with van der Waals surface area (Å²) < 4.78 is 0. The molecule has 0 spiro atoms. The number of amides is 1. The van der Waals surface area contributed by atoms with E-state index in [1.807, 2.05) is 6.08 Å². The molecule has 0 radical (unpaired) electrons. The van der Waals surface area contributed by atoms with Crippen LogP contribution in [0.15, 0.2) is 24.8 Å². The fraction of sp³-hybridized carbons (Fsp3) is 0.444. The summed E-state index contributed by atoms with van der Waals surface area (Å²) in [7, 11) is 0. The molecule has 1 rings (SSSR count). The van der Waals surface area contributed by atoms with Gasteiger partial charge in [0, 0.05) is 13.1 Å². The highest BCUT2D eigenvalue weighted by Gasteiger charge is 2.15. The van der Waals surface area contributed by atoms with Gasteiger partial charge in [-0.15, -0.1) is 6.58 Å². The Balaban J connectivity index is 2.60. The van der Waals surface area contributed by atoms with E-state index in [1.54, 1.807) is 17.1 Å². The molecule has 2 nitrogen and oxygen atoms in total. The van der Waals surface area contributed by atoms with Crippen LogP contribution in [0.25, 0.3) is 0 Å². The molecule has 0 aromatic carbocycles. The molecule has 0 aromatic heterocycles. The lowest BCUT2D eigenvalue weighted by Crippen LogP contribution is -2.36. The molecular formula is C9H13NO. The van der Waals surface area contributed by atoms with E-state index in [0.717, 1.165) is 6.54 Å². The summed E-state index contributed by atoms with van der Waals surface area (Å²) in [5, 5.41) is 0. The van der Waals surface area contributed by atoms with Crippen LogP contribution in [-0.2, 0) is 4.79 Å². The van der Waals surface area contributed by atoms with Crippen molar-refractivity contribution in [1.29, 1.82) is 0 Å². The molecule has 1 atom stereocenters. The fourth-order valence-electron chi connectivity index (χ4n) is 1.17. The molecule has 0 aliphatic carbocycles. The van der Waals surface area contributed by atoms with Crippen molar-refractivity contribution in [2.24, 2.45) is 5.92 Å². The molecule has 2 heteroatoms. The first-order valence-electron chi connectivity index (χ1n) is 3.82. The third-order valence-corrected chi connectivity index (χ3v) is 1.74. The summed E-state index contributed by atoms with van der Waals surface area (Å²) in [6.07, 6.45) is 5.34. The van der Waals surface area contributed by atoms with Crippen LogP contribution in [-0.4, -0.2) is 23.9 Å². The molecule has 1 aliphatic heterocycles. The van der Waals surface area contributed by atoms with Crippen molar-refractivity contribution in [1.82, 2.24) is 4.90 Å². The first-order chi connectivity index (χ1) is 5.24. The van der Waals surface area contributed by atoms with Crippen LogP contribution in [0.4, 0.5) is 0 Å². The van der Waals surface area contributed by atoms with Crippen molar-refractivity contribution in [3.63, 3.8) is 0 Å².